The van der Waals surface area contributed by atoms with E-state index in [-0.39, 0.29) is 11.7 Å². The van der Waals surface area contributed by atoms with Crippen LogP contribution in [0.15, 0.2) is 72.8 Å². The standard InChI is InChI=1S/C33H37NO2/c1-2-3-8-27-14-16-28(17-15-27)18-19-29-20-22-30(23-21-29)33(36)34(31-12-6-13-32(35)25-31)24-7-11-26-9-4-5-10-26/h6,12-17,20-23,25-26,35H,2-5,7-11,24H2,1H3. The van der Waals surface area contributed by atoms with E-state index in [4.69, 9.17) is 0 Å². The minimum atomic E-state index is -0.0470. The first kappa shape index (κ1) is 25.6. The van der Waals surface area contributed by atoms with Crippen LogP contribution in [0.5, 0.6) is 5.75 Å². The lowest BCUT2D eigenvalue weighted by atomic mass is 10.0. The van der Waals surface area contributed by atoms with Gasteiger partial charge in [-0.25, -0.2) is 0 Å². The second-order valence-electron chi connectivity index (χ2n) is 9.90. The molecule has 4 rings (SSSR count). The minimum absolute atomic E-state index is 0.0470. The number of phenolic OH excluding ortho intramolecular Hbond substituents is 1. The minimum Gasteiger partial charge on any atom is -0.508 e. The normalized spacial score (nSPS) is 13.2. The molecule has 3 heteroatoms. The summed E-state index contributed by atoms with van der Waals surface area (Å²) in [6.45, 7) is 2.86. The number of hydrogen-bond acceptors (Lipinski definition) is 2. The van der Waals surface area contributed by atoms with Crippen LogP contribution in [-0.4, -0.2) is 17.6 Å². The number of carbonyl (C=O) groups is 1. The number of rotatable bonds is 9. The van der Waals surface area contributed by atoms with Gasteiger partial charge >= 0.3 is 0 Å². The van der Waals surface area contributed by atoms with Gasteiger partial charge in [-0.15, -0.1) is 0 Å². The van der Waals surface area contributed by atoms with Crippen molar-refractivity contribution >= 4 is 11.6 Å². The molecule has 1 aliphatic rings. The average Bonchev–Trinajstić information content (AvgIpc) is 3.43. The molecule has 0 atom stereocenters. The highest BCUT2D eigenvalue weighted by Crippen LogP contribution is 2.29. The molecule has 0 radical (unpaired) electrons. The van der Waals surface area contributed by atoms with Crippen molar-refractivity contribution in [1.82, 2.24) is 0 Å². The van der Waals surface area contributed by atoms with Crippen molar-refractivity contribution in [2.24, 2.45) is 5.92 Å². The van der Waals surface area contributed by atoms with Gasteiger partial charge in [-0.2, -0.15) is 0 Å². The molecular weight excluding hydrogens is 442 g/mol. The number of hydrogen-bond donors (Lipinski definition) is 1. The van der Waals surface area contributed by atoms with Crippen LogP contribution in [0.3, 0.4) is 0 Å². The summed E-state index contributed by atoms with van der Waals surface area (Å²) in [6, 6.07) is 23.0. The molecule has 0 aromatic heterocycles. The summed E-state index contributed by atoms with van der Waals surface area (Å²) in [5.41, 5.74) is 4.59. The number of aryl methyl sites for hydroxylation is 1. The second kappa shape index (κ2) is 13.0. The molecule has 1 amide bonds. The van der Waals surface area contributed by atoms with Gasteiger partial charge in [0.25, 0.3) is 5.91 Å². The summed E-state index contributed by atoms with van der Waals surface area (Å²) >= 11 is 0. The van der Waals surface area contributed by atoms with Gasteiger partial charge < -0.3 is 10.0 Å². The SMILES string of the molecule is CCCCc1ccc(C#Cc2ccc(C(=O)N(CCCC3CCCC3)c3cccc(O)c3)cc2)cc1. The van der Waals surface area contributed by atoms with Gasteiger partial charge in [0.15, 0.2) is 0 Å². The van der Waals surface area contributed by atoms with E-state index in [1.54, 1.807) is 23.1 Å². The van der Waals surface area contributed by atoms with Crippen molar-refractivity contribution in [3.8, 4) is 17.6 Å². The maximum atomic E-state index is 13.5. The number of carbonyl (C=O) groups excluding carboxylic acids is 1. The van der Waals surface area contributed by atoms with E-state index in [9.17, 15) is 9.90 Å². The number of benzene rings is 3. The van der Waals surface area contributed by atoms with Crippen LogP contribution in [-0.2, 0) is 6.42 Å². The van der Waals surface area contributed by atoms with Crippen molar-refractivity contribution in [1.29, 1.82) is 0 Å². The monoisotopic (exact) mass is 479 g/mol. The van der Waals surface area contributed by atoms with Crippen molar-refractivity contribution in [3.63, 3.8) is 0 Å². The molecule has 0 spiro atoms. The van der Waals surface area contributed by atoms with E-state index >= 15 is 0 Å². The van der Waals surface area contributed by atoms with Crippen LogP contribution in [0.2, 0.25) is 0 Å². The molecule has 36 heavy (non-hydrogen) atoms. The van der Waals surface area contributed by atoms with Crippen LogP contribution < -0.4 is 4.90 Å². The molecule has 0 bridgehead atoms. The second-order valence-corrected chi connectivity index (χ2v) is 9.90. The van der Waals surface area contributed by atoms with Crippen molar-refractivity contribution < 1.29 is 9.90 Å². The predicted molar refractivity (Wildman–Crippen MR) is 148 cm³/mol. The number of nitrogens with zero attached hydrogens (tertiary/aromatic N) is 1. The number of anilines is 1. The highest BCUT2D eigenvalue weighted by molar-refractivity contribution is 6.06. The molecule has 0 heterocycles. The van der Waals surface area contributed by atoms with Crippen LogP contribution in [0.4, 0.5) is 5.69 Å². The lowest BCUT2D eigenvalue weighted by Crippen LogP contribution is -2.32. The third kappa shape index (κ3) is 7.25. The third-order valence-corrected chi connectivity index (χ3v) is 7.11. The van der Waals surface area contributed by atoms with Gasteiger partial charge in [-0.05, 0) is 85.7 Å². The van der Waals surface area contributed by atoms with Crippen molar-refractivity contribution in [2.75, 3.05) is 11.4 Å². The number of phenols is 1. The smallest absolute Gasteiger partial charge is 0.258 e. The molecule has 186 valence electrons. The molecule has 1 aliphatic carbocycles. The molecule has 0 saturated heterocycles. The predicted octanol–water partition coefficient (Wildman–Crippen LogP) is 7.75. The molecule has 3 aromatic rings. The van der Waals surface area contributed by atoms with E-state index < -0.39 is 0 Å². The number of aromatic hydroxyl groups is 1. The zero-order chi connectivity index (χ0) is 25.2. The maximum absolute atomic E-state index is 13.5. The quantitative estimate of drug-likeness (QED) is 0.319. The highest BCUT2D eigenvalue weighted by atomic mass is 16.3. The zero-order valence-electron chi connectivity index (χ0n) is 21.4. The van der Waals surface area contributed by atoms with Crippen LogP contribution in [0.1, 0.15) is 85.3 Å². The number of amides is 1. The van der Waals surface area contributed by atoms with E-state index in [1.807, 2.05) is 30.3 Å². The fourth-order valence-corrected chi connectivity index (χ4v) is 4.98. The maximum Gasteiger partial charge on any atom is 0.258 e. The lowest BCUT2D eigenvalue weighted by molar-refractivity contribution is 0.0986. The van der Waals surface area contributed by atoms with Crippen molar-refractivity contribution in [3.05, 3.63) is 95.1 Å². The topological polar surface area (TPSA) is 40.5 Å². The largest absolute Gasteiger partial charge is 0.508 e. The zero-order valence-corrected chi connectivity index (χ0v) is 21.4. The summed E-state index contributed by atoms with van der Waals surface area (Å²) < 4.78 is 0. The Kier molecular flexibility index (Phi) is 9.22. The van der Waals surface area contributed by atoms with Gasteiger partial charge in [-0.1, -0.05) is 69.1 Å². The van der Waals surface area contributed by atoms with Crippen molar-refractivity contribution in [2.45, 2.75) is 64.7 Å². The fourth-order valence-electron chi connectivity index (χ4n) is 4.98. The Hall–Kier alpha value is -3.51. The molecule has 1 N–H and O–H groups in total. The molecule has 3 aromatic carbocycles. The fraction of sp³-hybridized carbons (Fsp3) is 0.364. The van der Waals surface area contributed by atoms with Gasteiger partial charge in [0, 0.05) is 35.0 Å². The first-order chi connectivity index (χ1) is 17.6. The van der Waals surface area contributed by atoms with E-state index in [2.05, 4.69) is 43.0 Å². The lowest BCUT2D eigenvalue weighted by Gasteiger charge is -2.24. The Labute approximate surface area is 216 Å². The van der Waals surface area contributed by atoms with Gasteiger partial charge in [0.1, 0.15) is 5.75 Å². The Bertz CT molecular complexity index is 1180. The van der Waals surface area contributed by atoms with Gasteiger partial charge in [0.05, 0.1) is 0 Å². The summed E-state index contributed by atoms with van der Waals surface area (Å²) in [4.78, 5) is 15.3. The third-order valence-electron chi connectivity index (χ3n) is 7.11. The highest BCUT2D eigenvalue weighted by Gasteiger charge is 2.20. The van der Waals surface area contributed by atoms with Gasteiger partial charge in [-0.3, -0.25) is 4.79 Å². The summed E-state index contributed by atoms with van der Waals surface area (Å²) in [5, 5.41) is 10.0. The molecule has 3 nitrogen and oxygen atoms in total. The Morgan fingerprint density at radius 1 is 0.917 bits per heavy atom. The van der Waals surface area contributed by atoms with Gasteiger partial charge in [0.2, 0.25) is 0 Å². The summed E-state index contributed by atoms with van der Waals surface area (Å²) in [6.07, 6.45) is 10.9. The van der Waals surface area contributed by atoms with Crippen LogP contribution in [0.25, 0.3) is 0 Å². The Morgan fingerprint density at radius 2 is 1.58 bits per heavy atom. The molecular formula is C33H37NO2. The van der Waals surface area contributed by atoms with Crippen LogP contribution >= 0.6 is 0 Å². The Morgan fingerprint density at radius 3 is 2.22 bits per heavy atom. The Balaban J connectivity index is 1.43. The summed E-state index contributed by atoms with van der Waals surface area (Å²) in [7, 11) is 0. The molecule has 1 saturated carbocycles. The van der Waals surface area contributed by atoms with Crippen LogP contribution in [0, 0.1) is 17.8 Å². The average molecular weight is 480 g/mol. The van der Waals surface area contributed by atoms with E-state index in [0.29, 0.717) is 12.1 Å². The number of unbranched alkanes of at least 4 members (excludes halogenated alkanes) is 1. The first-order valence-corrected chi connectivity index (χ1v) is 13.4. The molecule has 1 fully saturated rings. The molecule has 0 aliphatic heterocycles. The van der Waals surface area contributed by atoms with E-state index in [1.165, 1.54) is 44.1 Å². The summed E-state index contributed by atoms with van der Waals surface area (Å²) in [5.74, 6) is 7.36. The molecule has 0 unspecified atom stereocenters. The van der Waals surface area contributed by atoms with E-state index in [0.717, 1.165) is 42.0 Å². The first-order valence-electron chi connectivity index (χ1n) is 13.4.